The molecule has 0 aliphatic carbocycles. The van der Waals surface area contributed by atoms with Gasteiger partial charge in [-0.1, -0.05) is 15.9 Å². The Morgan fingerprint density at radius 1 is 1.04 bits per heavy atom. The highest BCUT2D eigenvalue weighted by Gasteiger charge is 2.45. The van der Waals surface area contributed by atoms with Gasteiger partial charge in [-0.15, -0.1) is 0 Å². The molecule has 0 saturated carbocycles. The van der Waals surface area contributed by atoms with Gasteiger partial charge >= 0.3 is 6.18 Å². The van der Waals surface area contributed by atoms with Crippen molar-refractivity contribution in [2.75, 3.05) is 5.32 Å². The Morgan fingerprint density at radius 2 is 1.61 bits per heavy atom. The van der Waals surface area contributed by atoms with E-state index < -0.39 is 30.0 Å². The van der Waals surface area contributed by atoms with Crippen LogP contribution < -0.4 is 15.4 Å². The third-order valence-electron chi connectivity index (χ3n) is 4.26. The molecule has 28 heavy (non-hydrogen) atoms. The fourth-order valence-electron chi connectivity index (χ4n) is 2.78. The van der Waals surface area contributed by atoms with Crippen molar-refractivity contribution in [3.8, 4) is 11.5 Å². The average molecular weight is 457 g/mol. The van der Waals surface area contributed by atoms with Gasteiger partial charge in [-0.25, -0.2) is 0 Å². The van der Waals surface area contributed by atoms with Gasteiger partial charge in [0.25, 0.3) is 0 Å². The molecule has 9 heteroatoms. The van der Waals surface area contributed by atoms with Crippen molar-refractivity contribution in [3.63, 3.8) is 0 Å². The molecular weight excluding hydrogens is 441 g/mol. The highest BCUT2D eigenvalue weighted by molar-refractivity contribution is 9.10. The lowest BCUT2D eigenvalue weighted by atomic mass is 9.92. The summed E-state index contributed by atoms with van der Waals surface area (Å²) in [5.74, 6) is -1.53. The predicted molar refractivity (Wildman–Crippen MR) is 100.0 cm³/mol. The zero-order valence-corrected chi connectivity index (χ0v) is 16.0. The zero-order chi connectivity index (χ0) is 20.3. The molecule has 2 aromatic carbocycles. The third kappa shape index (κ3) is 5.03. The van der Waals surface area contributed by atoms with Crippen LogP contribution in [0.25, 0.3) is 0 Å². The number of rotatable bonds is 4. The Hall–Kier alpha value is -2.55. The minimum absolute atomic E-state index is 0.160. The summed E-state index contributed by atoms with van der Waals surface area (Å²) in [5.41, 5.74) is 0.416. The van der Waals surface area contributed by atoms with Crippen molar-refractivity contribution >= 4 is 33.4 Å². The van der Waals surface area contributed by atoms with E-state index in [9.17, 15) is 22.8 Å². The van der Waals surface area contributed by atoms with E-state index in [1.54, 1.807) is 36.4 Å². The van der Waals surface area contributed by atoms with Crippen LogP contribution in [0, 0.1) is 5.92 Å². The molecule has 1 saturated heterocycles. The van der Waals surface area contributed by atoms with Crippen molar-refractivity contribution in [1.29, 1.82) is 0 Å². The SMILES string of the molecule is O=C(Nc1ccc(Oc2ccc(Br)cc2)cc1)C1CCC(C(F)(F)F)NC1=O. The minimum Gasteiger partial charge on any atom is -0.457 e. The first-order chi connectivity index (χ1) is 13.2. The smallest absolute Gasteiger partial charge is 0.408 e. The molecule has 0 radical (unpaired) electrons. The van der Waals surface area contributed by atoms with E-state index in [2.05, 4.69) is 21.2 Å². The second-order valence-corrected chi connectivity index (χ2v) is 7.22. The molecule has 2 N–H and O–H groups in total. The monoisotopic (exact) mass is 456 g/mol. The molecule has 1 fully saturated rings. The molecule has 1 aliphatic rings. The van der Waals surface area contributed by atoms with E-state index in [1.165, 1.54) is 0 Å². The zero-order valence-electron chi connectivity index (χ0n) is 14.4. The normalized spacial score (nSPS) is 19.6. The molecule has 0 aromatic heterocycles. The predicted octanol–water partition coefficient (Wildman–Crippen LogP) is 4.64. The second-order valence-electron chi connectivity index (χ2n) is 6.30. The number of ether oxygens (including phenoxy) is 1. The first kappa shape index (κ1) is 20.2. The standard InChI is InChI=1S/C19H16BrF3N2O3/c20-11-1-5-13(6-2-11)28-14-7-3-12(4-8-14)24-17(26)15-9-10-16(19(21,22)23)25-18(15)27/h1-8,15-16H,9-10H2,(H,24,26)(H,25,27). The molecule has 0 bridgehead atoms. The lowest BCUT2D eigenvalue weighted by Crippen LogP contribution is -2.53. The molecule has 5 nitrogen and oxygen atoms in total. The number of benzene rings is 2. The van der Waals surface area contributed by atoms with E-state index in [0.29, 0.717) is 17.2 Å². The number of alkyl halides is 3. The van der Waals surface area contributed by atoms with Crippen LogP contribution in [-0.4, -0.2) is 24.0 Å². The van der Waals surface area contributed by atoms with Crippen molar-refractivity contribution in [3.05, 3.63) is 53.0 Å². The van der Waals surface area contributed by atoms with Gasteiger partial charge in [0.1, 0.15) is 23.5 Å². The number of piperidine rings is 1. The molecule has 1 heterocycles. The summed E-state index contributed by atoms with van der Waals surface area (Å²) in [6.45, 7) is 0. The average Bonchev–Trinajstić information content (AvgIpc) is 2.64. The fraction of sp³-hybridized carbons (Fsp3) is 0.263. The summed E-state index contributed by atoms with van der Waals surface area (Å²) in [4.78, 5) is 24.1. The number of carbonyl (C=O) groups is 2. The number of nitrogens with one attached hydrogen (secondary N) is 2. The topological polar surface area (TPSA) is 67.4 Å². The van der Waals surface area contributed by atoms with Crippen molar-refractivity contribution in [2.24, 2.45) is 5.92 Å². The van der Waals surface area contributed by atoms with Crippen LogP contribution in [0.2, 0.25) is 0 Å². The van der Waals surface area contributed by atoms with E-state index in [4.69, 9.17) is 4.74 Å². The number of hydrogen-bond acceptors (Lipinski definition) is 3. The molecule has 2 amide bonds. The highest BCUT2D eigenvalue weighted by Crippen LogP contribution is 2.29. The van der Waals surface area contributed by atoms with Crippen LogP contribution in [-0.2, 0) is 9.59 Å². The van der Waals surface area contributed by atoms with Gasteiger partial charge in [0.15, 0.2) is 0 Å². The van der Waals surface area contributed by atoms with Gasteiger partial charge in [-0.2, -0.15) is 13.2 Å². The number of halogens is 4. The Kier molecular flexibility index (Phi) is 5.93. The summed E-state index contributed by atoms with van der Waals surface area (Å²) in [7, 11) is 0. The lowest BCUT2D eigenvalue weighted by molar-refractivity contribution is -0.170. The largest absolute Gasteiger partial charge is 0.457 e. The minimum atomic E-state index is -4.51. The van der Waals surface area contributed by atoms with Gasteiger partial charge in [-0.05, 0) is 61.4 Å². The Morgan fingerprint density at radius 3 is 2.14 bits per heavy atom. The maximum absolute atomic E-state index is 12.7. The summed E-state index contributed by atoms with van der Waals surface area (Å²) >= 11 is 3.33. The Labute approximate surface area is 167 Å². The molecule has 3 rings (SSSR count). The van der Waals surface area contributed by atoms with Gasteiger partial charge in [0.05, 0.1) is 0 Å². The van der Waals surface area contributed by atoms with Gasteiger partial charge < -0.3 is 15.4 Å². The van der Waals surface area contributed by atoms with Crippen molar-refractivity contribution < 1.29 is 27.5 Å². The number of anilines is 1. The van der Waals surface area contributed by atoms with Crippen LogP contribution >= 0.6 is 15.9 Å². The van der Waals surface area contributed by atoms with E-state index in [-0.39, 0.29) is 12.8 Å². The highest BCUT2D eigenvalue weighted by atomic mass is 79.9. The van der Waals surface area contributed by atoms with Gasteiger partial charge in [0.2, 0.25) is 11.8 Å². The second kappa shape index (κ2) is 8.22. The first-order valence-electron chi connectivity index (χ1n) is 8.44. The number of carbonyl (C=O) groups excluding carboxylic acids is 2. The van der Waals surface area contributed by atoms with Gasteiger partial charge in [-0.3, -0.25) is 9.59 Å². The van der Waals surface area contributed by atoms with E-state index in [1.807, 2.05) is 17.4 Å². The maximum atomic E-state index is 12.7. The summed E-state index contributed by atoms with van der Waals surface area (Å²) < 4.78 is 44.6. The van der Waals surface area contributed by atoms with Crippen molar-refractivity contribution in [1.82, 2.24) is 5.32 Å². The molecule has 148 valence electrons. The van der Waals surface area contributed by atoms with E-state index >= 15 is 0 Å². The molecule has 2 aromatic rings. The molecule has 1 aliphatic heterocycles. The molecule has 2 unspecified atom stereocenters. The summed E-state index contributed by atoms with van der Waals surface area (Å²) in [6.07, 6.45) is -5.00. The first-order valence-corrected chi connectivity index (χ1v) is 9.23. The van der Waals surface area contributed by atoms with E-state index in [0.717, 1.165) is 4.47 Å². The molecule has 0 spiro atoms. The number of amides is 2. The Bertz CT molecular complexity index is 854. The molecular formula is C19H16BrF3N2O3. The van der Waals surface area contributed by atoms with Crippen LogP contribution in [0.4, 0.5) is 18.9 Å². The lowest BCUT2D eigenvalue weighted by Gasteiger charge is -2.29. The van der Waals surface area contributed by atoms with Crippen molar-refractivity contribution in [2.45, 2.75) is 25.1 Å². The molecule has 2 atom stereocenters. The third-order valence-corrected chi connectivity index (χ3v) is 4.79. The number of hydrogen-bond donors (Lipinski definition) is 2. The van der Waals surface area contributed by atoms with Crippen LogP contribution in [0.5, 0.6) is 11.5 Å². The Balaban J connectivity index is 1.57. The fourth-order valence-corrected chi connectivity index (χ4v) is 3.04. The van der Waals surface area contributed by atoms with Crippen LogP contribution in [0.15, 0.2) is 53.0 Å². The van der Waals surface area contributed by atoms with Crippen LogP contribution in [0.3, 0.4) is 0 Å². The quantitative estimate of drug-likeness (QED) is 0.658. The van der Waals surface area contributed by atoms with Gasteiger partial charge in [0, 0.05) is 10.2 Å². The summed E-state index contributed by atoms with van der Waals surface area (Å²) in [5, 5.41) is 4.42. The maximum Gasteiger partial charge on any atom is 0.408 e. The summed E-state index contributed by atoms with van der Waals surface area (Å²) in [6, 6.07) is 11.8. The van der Waals surface area contributed by atoms with Crippen LogP contribution in [0.1, 0.15) is 12.8 Å².